The highest BCUT2D eigenvalue weighted by Gasteiger charge is 2.08. The SMILES string of the molecule is Cc1nsnc1COc1ccc(C(=O)NCc2ccccc2Cl)cc1. The van der Waals surface area contributed by atoms with Crippen LogP contribution in [0.3, 0.4) is 0 Å². The summed E-state index contributed by atoms with van der Waals surface area (Å²) in [6.45, 7) is 2.64. The van der Waals surface area contributed by atoms with Crippen LogP contribution < -0.4 is 10.1 Å². The molecule has 0 radical (unpaired) electrons. The Morgan fingerprint density at radius 1 is 1.16 bits per heavy atom. The van der Waals surface area contributed by atoms with Crippen LogP contribution in [0.2, 0.25) is 5.02 Å². The molecule has 0 spiro atoms. The smallest absolute Gasteiger partial charge is 0.251 e. The largest absolute Gasteiger partial charge is 0.487 e. The van der Waals surface area contributed by atoms with E-state index in [1.165, 1.54) is 11.7 Å². The molecule has 0 aliphatic rings. The second-order valence-electron chi connectivity index (χ2n) is 5.38. The molecule has 3 aromatic rings. The molecule has 1 heterocycles. The summed E-state index contributed by atoms with van der Waals surface area (Å²) in [4.78, 5) is 12.2. The van der Waals surface area contributed by atoms with Crippen molar-refractivity contribution in [2.24, 2.45) is 0 Å². The lowest BCUT2D eigenvalue weighted by Crippen LogP contribution is -2.22. The second kappa shape index (κ2) is 8.09. The molecular weight excluding hydrogens is 358 g/mol. The molecule has 1 aromatic heterocycles. The number of nitrogens with one attached hydrogen (secondary N) is 1. The highest BCUT2D eigenvalue weighted by molar-refractivity contribution is 6.99. The van der Waals surface area contributed by atoms with Gasteiger partial charge in [0, 0.05) is 17.1 Å². The number of ether oxygens (including phenoxy) is 1. The maximum atomic E-state index is 12.2. The van der Waals surface area contributed by atoms with Crippen LogP contribution in [0.5, 0.6) is 5.75 Å². The molecule has 0 saturated heterocycles. The summed E-state index contributed by atoms with van der Waals surface area (Å²) in [6.07, 6.45) is 0. The van der Waals surface area contributed by atoms with Crippen molar-refractivity contribution in [3.05, 3.63) is 76.1 Å². The van der Waals surface area contributed by atoms with Crippen LogP contribution in [0.15, 0.2) is 48.5 Å². The summed E-state index contributed by atoms with van der Waals surface area (Å²) in [5.74, 6) is 0.515. The van der Waals surface area contributed by atoms with Gasteiger partial charge in [-0.2, -0.15) is 8.75 Å². The highest BCUT2D eigenvalue weighted by Crippen LogP contribution is 2.16. The van der Waals surface area contributed by atoms with E-state index in [4.69, 9.17) is 16.3 Å². The minimum absolute atomic E-state index is 0.161. The number of hydrogen-bond donors (Lipinski definition) is 1. The molecule has 1 amide bonds. The molecule has 3 rings (SSSR count). The first kappa shape index (κ1) is 17.4. The first-order chi connectivity index (χ1) is 12.1. The normalized spacial score (nSPS) is 10.5. The van der Waals surface area contributed by atoms with E-state index in [1.54, 1.807) is 30.3 Å². The van der Waals surface area contributed by atoms with Gasteiger partial charge in [-0.3, -0.25) is 4.79 Å². The van der Waals surface area contributed by atoms with Gasteiger partial charge in [-0.15, -0.1) is 0 Å². The topological polar surface area (TPSA) is 64.1 Å². The van der Waals surface area contributed by atoms with Gasteiger partial charge in [0.1, 0.15) is 18.1 Å². The van der Waals surface area contributed by atoms with Crippen molar-refractivity contribution in [1.29, 1.82) is 0 Å². The molecule has 5 nitrogen and oxygen atoms in total. The van der Waals surface area contributed by atoms with E-state index in [0.29, 0.717) is 29.5 Å². The molecule has 25 heavy (non-hydrogen) atoms. The molecule has 0 aliphatic heterocycles. The number of benzene rings is 2. The number of aryl methyl sites for hydroxylation is 1. The van der Waals surface area contributed by atoms with Gasteiger partial charge in [0.2, 0.25) is 0 Å². The average Bonchev–Trinajstić information content (AvgIpc) is 3.04. The fourth-order valence-corrected chi connectivity index (χ4v) is 2.91. The maximum Gasteiger partial charge on any atom is 0.251 e. The first-order valence-corrected chi connectivity index (χ1v) is 8.77. The van der Waals surface area contributed by atoms with Gasteiger partial charge in [0.15, 0.2) is 0 Å². The highest BCUT2D eigenvalue weighted by atomic mass is 35.5. The second-order valence-corrected chi connectivity index (χ2v) is 6.32. The van der Waals surface area contributed by atoms with E-state index in [1.807, 2.05) is 25.1 Å². The standard InChI is InChI=1S/C18H16ClN3O2S/c1-12-17(22-25-21-12)11-24-15-8-6-13(7-9-15)18(23)20-10-14-4-2-3-5-16(14)19/h2-9H,10-11H2,1H3,(H,20,23). The van der Waals surface area contributed by atoms with Gasteiger partial charge in [-0.25, -0.2) is 0 Å². The third kappa shape index (κ3) is 4.55. The summed E-state index contributed by atoms with van der Waals surface area (Å²) >= 11 is 7.26. The van der Waals surface area contributed by atoms with Crippen molar-refractivity contribution >= 4 is 29.2 Å². The molecule has 0 bridgehead atoms. The van der Waals surface area contributed by atoms with E-state index >= 15 is 0 Å². The van der Waals surface area contributed by atoms with E-state index in [-0.39, 0.29) is 5.91 Å². The van der Waals surface area contributed by atoms with Crippen molar-refractivity contribution in [3.8, 4) is 5.75 Å². The summed E-state index contributed by atoms with van der Waals surface area (Å²) in [7, 11) is 0. The summed E-state index contributed by atoms with van der Waals surface area (Å²) in [5, 5.41) is 3.49. The molecule has 0 saturated carbocycles. The van der Waals surface area contributed by atoms with Gasteiger partial charge in [0.05, 0.1) is 17.4 Å². The minimum Gasteiger partial charge on any atom is -0.487 e. The Morgan fingerprint density at radius 2 is 1.92 bits per heavy atom. The Bertz CT molecular complexity index is 865. The van der Waals surface area contributed by atoms with Crippen LogP contribution in [0, 0.1) is 6.92 Å². The van der Waals surface area contributed by atoms with Crippen LogP contribution >= 0.6 is 23.3 Å². The monoisotopic (exact) mass is 373 g/mol. The lowest BCUT2D eigenvalue weighted by molar-refractivity contribution is 0.0951. The van der Waals surface area contributed by atoms with Crippen molar-refractivity contribution in [2.45, 2.75) is 20.1 Å². The van der Waals surface area contributed by atoms with E-state index in [9.17, 15) is 4.79 Å². The Kier molecular flexibility index (Phi) is 5.63. The number of rotatable bonds is 6. The predicted molar refractivity (Wildman–Crippen MR) is 98.0 cm³/mol. The Hall–Kier alpha value is -2.44. The predicted octanol–water partition coefficient (Wildman–Crippen LogP) is 4.01. The van der Waals surface area contributed by atoms with Crippen molar-refractivity contribution in [1.82, 2.24) is 14.1 Å². The fraction of sp³-hybridized carbons (Fsp3) is 0.167. The first-order valence-electron chi connectivity index (χ1n) is 7.66. The lowest BCUT2D eigenvalue weighted by atomic mass is 10.2. The lowest BCUT2D eigenvalue weighted by Gasteiger charge is -2.08. The van der Waals surface area contributed by atoms with Crippen LogP contribution in [0.25, 0.3) is 0 Å². The average molecular weight is 374 g/mol. The molecule has 0 atom stereocenters. The van der Waals surface area contributed by atoms with Crippen molar-refractivity contribution in [2.75, 3.05) is 0 Å². The molecule has 0 unspecified atom stereocenters. The number of nitrogens with zero attached hydrogens (tertiary/aromatic N) is 2. The minimum atomic E-state index is -0.161. The number of aromatic nitrogens is 2. The van der Waals surface area contributed by atoms with Crippen LogP contribution in [-0.2, 0) is 13.2 Å². The molecule has 7 heteroatoms. The van der Waals surface area contributed by atoms with E-state index < -0.39 is 0 Å². The van der Waals surface area contributed by atoms with Crippen LogP contribution in [0.1, 0.15) is 27.3 Å². The van der Waals surface area contributed by atoms with Gasteiger partial charge < -0.3 is 10.1 Å². The van der Waals surface area contributed by atoms with Gasteiger partial charge >= 0.3 is 0 Å². The molecule has 0 fully saturated rings. The third-order valence-electron chi connectivity index (χ3n) is 3.64. The number of amides is 1. The molecule has 128 valence electrons. The maximum absolute atomic E-state index is 12.2. The zero-order chi connectivity index (χ0) is 17.6. The zero-order valence-electron chi connectivity index (χ0n) is 13.5. The third-order valence-corrected chi connectivity index (χ3v) is 4.66. The summed E-state index contributed by atoms with van der Waals surface area (Å²) < 4.78 is 13.9. The number of carbonyl (C=O) groups excluding carboxylic acids is 1. The Balaban J connectivity index is 1.55. The molecule has 2 aromatic carbocycles. The van der Waals surface area contributed by atoms with Crippen LogP contribution in [0.4, 0.5) is 0 Å². The molecular formula is C18H16ClN3O2S. The summed E-state index contributed by atoms with van der Waals surface area (Å²) in [5.41, 5.74) is 3.14. The van der Waals surface area contributed by atoms with E-state index in [0.717, 1.165) is 17.0 Å². The summed E-state index contributed by atoms with van der Waals surface area (Å²) in [6, 6.07) is 14.4. The number of hydrogen-bond acceptors (Lipinski definition) is 5. The Morgan fingerprint density at radius 3 is 2.60 bits per heavy atom. The number of carbonyl (C=O) groups is 1. The van der Waals surface area contributed by atoms with Crippen molar-refractivity contribution in [3.63, 3.8) is 0 Å². The Labute approximate surface area is 154 Å². The van der Waals surface area contributed by atoms with Gasteiger partial charge in [-0.05, 0) is 42.8 Å². The number of halogens is 1. The molecule has 0 aliphatic carbocycles. The van der Waals surface area contributed by atoms with Crippen molar-refractivity contribution < 1.29 is 9.53 Å². The molecule has 1 N–H and O–H groups in total. The quantitative estimate of drug-likeness (QED) is 0.709. The van der Waals surface area contributed by atoms with Gasteiger partial charge in [-0.1, -0.05) is 29.8 Å². The zero-order valence-corrected chi connectivity index (χ0v) is 15.1. The fourth-order valence-electron chi connectivity index (χ4n) is 2.15. The van der Waals surface area contributed by atoms with E-state index in [2.05, 4.69) is 14.1 Å². The van der Waals surface area contributed by atoms with Gasteiger partial charge in [0.25, 0.3) is 5.91 Å². The van der Waals surface area contributed by atoms with Crippen LogP contribution in [-0.4, -0.2) is 14.7 Å².